The first-order valence-corrected chi connectivity index (χ1v) is 7.92. The van der Waals surface area contributed by atoms with E-state index in [1.54, 1.807) is 6.20 Å². The molecule has 0 spiro atoms. The van der Waals surface area contributed by atoms with E-state index in [0.717, 1.165) is 30.1 Å². The van der Waals surface area contributed by atoms with Gasteiger partial charge in [0.15, 0.2) is 0 Å². The van der Waals surface area contributed by atoms with E-state index in [0.29, 0.717) is 13.0 Å². The predicted octanol–water partition coefficient (Wildman–Crippen LogP) is 2.12. The molecule has 0 bridgehead atoms. The van der Waals surface area contributed by atoms with Gasteiger partial charge in [0.05, 0.1) is 12.3 Å². The van der Waals surface area contributed by atoms with Crippen LogP contribution in [0.1, 0.15) is 29.5 Å². The second kappa shape index (κ2) is 5.83. The smallest absolute Gasteiger partial charge is 0.220 e. The number of carbonyl (C=O) groups excluding carboxylic acids is 1. The molecule has 2 aliphatic rings. The van der Waals surface area contributed by atoms with Crippen LogP contribution in [0.15, 0.2) is 47.6 Å². The van der Waals surface area contributed by atoms with E-state index >= 15 is 0 Å². The van der Waals surface area contributed by atoms with E-state index in [2.05, 4.69) is 32.7 Å². The van der Waals surface area contributed by atoms with Crippen LogP contribution in [0.25, 0.3) is 0 Å². The summed E-state index contributed by atoms with van der Waals surface area (Å²) in [5.41, 5.74) is 4.57. The highest BCUT2D eigenvalue weighted by Crippen LogP contribution is 2.23. The van der Waals surface area contributed by atoms with E-state index in [1.165, 1.54) is 11.1 Å². The summed E-state index contributed by atoms with van der Waals surface area (Å²) >= 11 is 0. The van der Waals surface area contributed by atoms with Crippen molar-refractivity contribution in [3.63, 3.8) is 0 Å². The minimum atomic E-state index is 0.135. The second-order valence-corrected chi connectivity index (χ2v) is 5.94. The Morgan fingerprint density at radius 1 is 1.26 bits per heavy atom. The molecule has 4 rings (SSSR count). The van der Waals surface area contributed by atoms with Gasteiger partial charge in [-0.3, -0.25) is 9.79 Å². The van der Waals surface area contributed by atoms with Crippen molar-refractivity contribution in [2.24, 2.45) is 4.99 Å². The van der Waals surface area contributed by atoms with Gasteiger partial charge in [-0.15, -0.1) is 0 Å². The molecule has 3 heterocycles. The van der Waals surface area contributed by atoms with Crippen LogP contribution in [0.2, 0.25) is 0 Å². The fraction of sp³-hybridized carbons (Fsp3) is 0.278. The van der Waals surface area contributed by atoms with Gasteiger partial charge in [-0.2, -0.15) is 0 Å². The number of nitrogens with one attached hydrogen (secondary N) is 2. The van der Waals surface area contributed by atoms with Gasteiger partial charge in [0.1, 0.15) is 5.82 Å². The van der Waals surface area contributed by atoms with Crippen molar-refractivity contribution in [3.8, 4) is 0 Å². The molecule has 1 aromatic heterocycles. The van der Waals surface area contributed by atoms with Gasteiger partial charge in [0, 0.05) is 36.3 Å². The summed E-state index contributed by atoms with van der Waals surface area (Å²) in [5.74, 6) is 0.950. The molecule has 1 saturated heterocycles. The van der Waals surface area contributed by atoms with Crippen LogP contribution in [0.3, 0.4) is 0 Å². The molecule has 1 fully saturated rings. The summed E-state index contributed by atoms with van der Waals surface area (Å²) in [6.07, 6.45) is 3.30. The van der Waals surface area contributed by atoms with E-state index in [4.69, 9.17) is 0 Å². The predicted molar refractivity (Wildman–Crippen MR) is 89.7 cm³/mol. The Morgan fingerprint density at radius 3 is 3.04 bits per heavy atom. The molecule has 1 atom stereocenters. The first-order chi connectivity index (χ1) is 11.3. The van der Waals surface area contributed by atoms with Gasteiger partial charge in [-0.25, -0.2) is 4.98 Å². The van der Waals surface area contributed by atoms with Crippen LogP contribution in [-0.4, -0.2) is 29.2 Å². The highest BCUT2D eigenvalue weighted by molar-refractivity contribution is 6.15. The molecular formula is C18H18N4O. The number of aromatic nitrogens is 1. The monoisotopic (exact) mass is 306 g/mol. The molecule has 116 valence electrons. The fourth-order valence-electron chi connectivity index (χ4n) is 3.12. The molecule has 5 heteroatoms. The van der Waals surface area contributed by atoms with Gasteiger partial charge < -0.3 is 10.6 Å². The molecule has 1 unspecified atom stereocenters. The lowest BCUT2D eigenvalue weighted by Gasteiger charge is -2.12. The van der Waals surface area contributed by atoms with Crippen molar-refractivity contribution < 1.29 is 4.79 Å². The van der Waals surface area contributed by atoms with Crippen LogP contribution in [0.4, 0.5) is 5.82 Å². The van der Waals surface area contributed by atoms with E-state index < -0.39 is 0 Å². The third-order valence-electron chi connectivity index (χ3n) is 4.33. The minimum Gasteiger partial charge on any atom is -0.368 e. The Kier molecular flexibility index (Phi) is 3.54. The number of aliphatic imine (C=N–C) groups is 1. The number of benzene rings is 1. The Morgan fingerprint density at radius 2 is 2.17 bits per heavy atom. The van der Waals surface area contributed by atoms with Crippen molar-refractivity contribution in [2.45, 2.75) is 25.4 Å². The maximum Gasteiger partial charge on any atom is 0.220 e. The van der Waals surface area contributed by atoms with E-state index in [9.17, 15) is 4.79 Å². The number of hydrogen-bond acceptors (Lipinski definition) is 4. The van der Waals surface area contributed by atoms with Crippen LogP contribution >= 0.6 is 0 Å². The number of hydrogen-bond donors (Lipinski definition) is 2. The summed E-state index contributed by atoms with van der Waals surface area (Å²) in [6.45, 7) is 1.44. The average molecular weight is 306 g/mol. The topological polar surface area (TPSA) is 66.4 Å². The SMILES string of the molecule is O=C1CCC(CNc2cc(C3=NCc4ccccc43)ccn2)N1. The molecule has 23 heavy (non-hydrogen) atoms. The standard InChI is InChI=1S/C18H18N4O/c23-17-6-5-14(22-17)11-20-16-9-12(7-8-19-16)18-15-4-2-1-3-13(15)10-21-18/h1-4,7-9,14H,5-6,10-11H2,(H,19,20)(H,22,23). The van der Waals surface area contributed by atoms with Gasteiger partial charge in [-0.1, -0.05) is 24.3 Å². The zero-order chi connectivity index (χ0) is 15.6. The molecule has 2 N–H and O–H groups in total. The Bertz CT molecular complexity index is 784. The molecule has 0 saturated carbocycles. The first kappa shape index (κ1) is 13.9. The molecule has 0 aliphatic carbocycles. The fourth-order valence-corrected chi connectivity index (χ4v) is 3.12. The number of amides is 1. The molecule has 1 aromatic carbocycles. The van der Waals surface area contributed by atoms with Crippen LogP contribution in [0, 0.1) is 0 Å². The Hall–Kier alpha value is -2.69. The lowest BCUT2D eigenvalue weighted by atomic mass is 10.0. The van der Waals surface area contributed by atoms with Crippen LogP contribution in [-0.2, 0) is 11.3 Å². The maximum atomic E-state index is 11.2. The number of fused-ring (bicyclic) bond motifs is 1. The molecule has 1 amide bonds. The molecular weight excluding hydrogens is 288 g/mol. The normalized spacial score (nSPS) is 19.2. The van der Waals surface area contributed by atoms with Gasteiger partial charge >= 0.3 is 0 Å². The molecule has 0 radical (unpaired) electrons. The first-order valence-electron chi connectivity index (χ1n) is 7.92. The van der Waals surface area contributed by atoms with Crippen molar-refractivity contribution in [1.82, 2.24) is 10.3 Å². The second-order valence-electron chi connectivity index (χ2n) is 5.94. The Balaban J connectivity index is 1.50. The van der Waals surface area contributed by atoms with Crippen molar-refractivity contribution >= 4 is 17.4 Å². The highest BCUT2D eigenvalue weighted by Gasteiger charge is 2.21. The highest BCUT2D eigenvalue weighted by atomic mass is 16.1. The zero-order valence-electron chi connectivity index (χ0n) is 12.7. The minimum absolute atomic E-state index is 0.135. The van der Waals surface area contributed by atoms with Crippen molar-refractivity contribution in [1.29, 1.82) is 0 Å². The van der Waals surface area contributed by atoms with E-state index in [1.807, 2.05) is 24.3 Å². The summed E-state index contributed by atoms with van der Waals surface area (Å²) in [5, 5.41) is 6.27. The summed E-state index contributed by atoms with van der Waals surface area (Å²) in [6, 6.07) is 12.5. The number of nitrogens with zero attached hydrogens (tertiary/aromatic N) is 2. The largest absolute Gasteiger partial charge is 0.368 e. The number of anilines is 1. The van der Waals surface area contributed by atoms with Crippen molar-refractivity contribution in [2.75, 3.05) is 11.9 Å². The number of carbonyl (C=O) groups is 1. The zero-order valence-corrected chi connectivity index (χ0v) is 12.7. The quantitative estimate of drug-likeness (QED) is 0.909. The molecule has 2 aliphatic heterocycles. The number of rotatable bonds is 4. The summed E-state index contributed by atoms with van der Waals surface area (Å²) in [4.78, 5) is 20.3. The molecule has 2 aromatic rings. The van der Waals surface area contributed by atoms with Gasteiger partial charge in [0.25, 0.3) is 0 Å². The third-order valence-corrected chi connectivity index (χ3v) is 4.33. The van der Waals surface area contributed by atoms with Crippen LogP contribution in [0.5, 0.6) is 0 Å². The summed E-state index contributed by atoms with van der Waals surface area (Å²) in [7, 11) is 0. The Labute approximate surface area is 134 Å². The lowest BCUT2D eigenvalue weighted by Crippen LogP contribution is -2.32. The maximum absolute atomic E-state index is 11.2. The van der Waals surface area contributed by atoms with Gasteiger partial charge in [0.2, 0.25) is 5.91 Å². The molecule has 5 nitrogen and oxygen atoms in total. The van der Waals surface area contributed by atoms with Crippen molar-refractivity contribution in [3.05, 3.63) is 59.3 Å². The third kappa shape index (κ3) is 2.82. The van der Waals surface area contributed by atoms with E-state index in [-0.39, 0.29) is 11.9 Å². The lowest BCUT2D eigenvalue weighted by molar-refractivity contribution is -0.119. The number of pyridine rings is 1. The van der Waals surface area contributed by atoms with Gasteiger partial charge in [-0.05, 0) is 24.1 Å². The summed E-state index contributed by atoms with van der Waals surface area (Å²) < 4.78 is 0. The van der Waals surface area contributed by atoms with Crippen LogP contribution < -0.4 is 10.6 Å². The average Bonchev–Trinajstić information content (AvgIpc) is 3.19.